The third-order valence-electron chi connectivity index (χ3n) is 5.41. The molecule has 1 aromatic carbocycles. The second-order valence-electron chi connectivity index (χ2n) is 7.39. The zero-order valence-corrected chi connectivity index (χ0v) is 16.2. The number of fused-ring (bicyclic) bond motifs is 5. The lowest BCUT2D eigenvalue weighted by molar-refractivity contribution is 0.0221. The van der Waals surface area contributed by atoms with Crippen molar-refractivity contribution in [2.24, 2.45) is 0 Å². The van der Waals surface area contributed by atoms with Gasteiger partial charge >= 0.3 is 5.63 Å². The number of morpholine rings is 1. The van der Waals surface area contributed by atoms with E-state index in [9.17, 15) is 4.79 Å². The Morgan fingerprint density at radius 1 is 1.00 bits per heavy atom. The molecule has 144 valence electrons. The van der Waals surface area contributed by atoms with Crippen LogP contribution in [0.2, 0.25) is 0 Å². The highest BCUT2D eigenvalue weighted by Gasteiger charge is 2.21. The molecule has 4 heterocycles. The molecule has 5 rings (SSSR count). The lowest BCUT2D eigenvalue weighted by Crippen LogP contribution is -2.37. The van der Waals surface area contributed by atoms with Gasteiger partial charge in [0.15, 0.2) is 0 Å². The van der Waals surface area contributed by atoms with Crippen LogP contribution in [-0.2, 0) is 11.4 Å². The summed E-state index contributed by atoms with van der Waals surface area (Å²) >= 11 is 0. The molecule has 8 nitrogen and oxygen atoms in total. The van der Waals surface area contributed by atoms with E-state index in [0.717, 1.165) is 70.4 Å². The van der Waals surface area contributed by atoms with E-state index in [1.807, 2.05) is 31.5 Å². The van der Waals surface area contributed by atoms with Gasteiger partial charge in [-0.15, -0.1) is 10.2 Å². The Kier molecular flexibility index (Phi) is 3.92. The van der Waals surface area contributed by atoms with E-state index in [2.05, 4.69) is 15.1 Å². The highest BCUT2D eigenvalue weighted by atomic mass is 16.5. The van der Waals surface area contributed by atoms with Crippen LogP contribution in [0.25, 0.3) is 32.9 Å². The molecule has 0 N–H and O–H groups in total. The fourth-order valence-electron chi connectivity index (χ4n) is 4.07. The summed E-state index contributed by atoms with van der Waals surface area (Å²) in [5, 5.41) is 15.5. The van der Waals surface area contributed by atoms with Crippen molar-refractivity contribution < 1.29 is 9.15 Å². The normalized spacial score (nSPS) is 15.8. The highest BCUT2D eigenvalue weighted by Crippen LogP contribution is 2.34. The number of ether oxygens (including phenoxy) is 1. The van der Waals surface area contributed by atoms with Crippen molar-refractivity contribution in [1.82, 2.24) is 24.9 Å². The summed E-state index contributed by atoms with van der Waals surface area (Å²) in [6.45, 7) is 9.67. The fraction of sp³-hybridized carbons (Fsp3) is 0.400. The minimum Gasteiger partial charge on any atom is -0.423 e. The number of aromatic nitrogens is 4. The van der Waals surface area contributed by atoms with E-state index in [4.69, 9.17) is 14.3 Å². The summed E-state index contributed by atoms with van der Waals surface area (Å²) < 4.78 is 13.0. The SMILES string of the molecule is Cc1cc2oc(=O)cc(C)c2c2c1nnc1c(C)nn(CN3CCOCC3)c12. The van der Waals surface area contributed by atoms with Gasteiger partial charge in [0.1, 0.15) is 16.6 Å². The van der Waals surface area contributed by atoms with Crippen LogP contribution in [0.5, 0.6) is 0 Å². The van der Waals surface area contributed by atoms with E-state index < -0.39 is 0 Å². The Morgan fingerprint density at radius 2 is 1.75 bits per heavy atom. The van der Waals surface area contributed by atoms with Gasteiger partial charge in [-0.2, -0.15) is 5.10 Å². The van der Waals surface area contributed by atoms with Crippen LogP contribution in [0.1, 0.15) is 16.8 Å². The second-order valence-corrected chi connectivity index (χ2v) is 7.39. The molecule has 1 aliphatic heterocycles. The molecular formula is C20H21N5O3. The van der Waals surface area contributed by atoms with Crippen molar-refractivity contribution in [2.75, 3.05) is 26.3 Å². The minimum absolute atomic E-state index is 0.347. The standard InChI is InChI=1S/C20H21N5O3/c1-11-9-15(26)28-14-8-12(2)18-17(16(11)14)20-19(22-21-18)13(3)23-25(20)10-24-4-6-27-7-5-24/h8-9H,4-7,10H2,1-3H3. The summed E-state index contributed by atoms with van der Waals surface area (Å²) in [4.78, 5) is 14.2. The highest BCUT2D eigenvalue weighted by molar-refractivity contribution is 6.17. The first-order chi connectivity index (χ1) is 13.5. The lowest BCUT2D eigenvalue weighted by atomic mass is 10.0. The first-order valence-electron chi connectivity index (χ1n) is 9.40. The first-order valence-corrected chi connectivity index (χ1v) is 9.40. The molecule has 0 radical (unpaired) electrons. The van der Waals surface area contributed by atoms with Crippen LogP contribution in [0.4, 0.5) is 0 Å². The Bertz CT molecular complexity index is 1280. The molecule has 1 saturated heterocycles. The lowest BCUT2D eigenvalue weighted by Gasteiger charge is -2.26. The maximum atomic E-state index is 11.9. The van der Waals surface area contributed by atoms with Gasteiger partial charge in [0.05, 0.1) is 31.1 Å². The maximum absolute atomic E-state index is 11.9. The number of nitrogens with zero attached hydrogens (tertiary/aromatic N) is 5. The summed E-state index contributed by atoms with van der Waals surface area (Å²) in [5.74, 6) is 0. The van der Waals surface area contributed by atoms with Crippen LogP contribution in [0.15, 0.2) is 21.3 Å². The molecule has 3 aromatic heterocycles. The van der Waals surface area contributed by atoms with Crippen molar-refractivity contribution >= 4 is 32.9 Å². The molecule has 28 heavy (non-hydrogen) atoms. The number of benzene rings is 1. The number of hydrogen-bond donors (Lipinski definition) is 0. The maximum Gasteiger partial charge on any atom is 0.336 e. The third kappa shape index (κ3) is 2.60. The van der Waals surface area contributed by atoms with Gasteiger partial charge in [0.2, 0.25) is 0 Å². The van der Waals surface area contributed by atoms with Crippen molar-refractivity contribution in [3.05, 3.63) is 39.4 Å². The Hall–Kier alpha value is -2.84. The molecule has 0 spiro atoms. The molecule has 1 aliphatic rings. The molecule has 0 unspecified atom stereocenters. The van der Waals surface area contributed by atoms with E-state index >= 15 is 0 Å². The second kappa shape index (κ2) is 6.35. The minimum atomic E-state index is -0.347. The van der Waals surface area contributed by atoms with Crippen LogP contribution in [-0.4, -0.2) is 51.2 Å². The van der Waals surface area contributed by atoms with Gasteiger partial charge in [-0.25, -0.2) is 9.48 Å². The van der Waals surface area contributed by atoms with Gasteiger partial charge < -0.3 is 9.15 Å². The largest absolute Gasteiger partial charge is 0.423 e. The Labute approximate surface area is 160 Å². The van der Waals surface area contributed by atoms with Gasteiger partial charge in [0.25, 0.3) is 0 Å². The molecular weight excluding hydrogens is 358 g/mol. The summed E-state index contributed by atoms with van der Waals surface area (Å²) in [7, 11) is 0. The zero-order valence-electron chi connectivity index (χ0n) is 16.2. The van der Waals surface area contributed by atoms with Crippen molar-refractivity contribution in [1.29, 1.82) is 0 Å². The van der Waals surface area contributed by atoms with E-state index in [-0.39, 0.29) is 5.63 Å². The monoisotopic (exact) mass is 379 g/mol. The Balaban J connectivity index is 1.88. The molecule has 8 heteroatoms. The van der Waals surface area contributed by atoms with Crippen LogP contribution < -0.4 is 5.63 Å². The van der Waals surface area contributed by atoms with Crippen molar-refractivity contribution in [3.63, 3.8) is 0 Å². The van der Waals surface area contributed by atoms with Crippen molar-refractivity contribution in [3.8, 4) is 0 Å². The zero-order chi connectivity index (χ0) is 19.4. The fourth-order valence-corrected chi connectivity index (χ4v) is 4.07. The molecule has 0 saturated carbocycles. The number of rotatable bonds is 2. The smallest absolute Gasteiger partial charge is 0.336 e. The van der Waals surface area contributed by atoms with Crippen LogP contribution in [0, 0.1) is 20.8 Å². The average molecular weight is 379 g/mol. The number of hydrogen-bond acceptors (Lipinski definition) is 7. The molecule has 1 fully saturated rings. The van der Waals surface area contributed by atoms with E-state index in [0.29, 0.717) is 12.3 Å². The predicted molar refractivity (Wildman–Crippen MR) is 105 cm³/mol. The molecule has 0 atom stereocenters. The molecule has 0 bridgehead atoms. The molecule has 0 amide bonds. The van der Waals surface area contributed by atoms with E-state index in [1.54, 1.807) is 0 Å². The number of aryl methyl sites for hydroxylation is 3. The van der Waals surface area contributed by atoms with Gasteiger partial charge in [-0.1, -0.05) is 0 Å². The topological polar surface area (TPSA) is 86.3 Å². The quantitative estimate of drug-likeness (QED) is 0.390. The third-order valence-corrected chi connectivity index (χ3v) is 5.41. The van der Waals surface area contributed by atoms with Crippen LogP contribution in [0.3, 0.4) is 0 Å². The summed E-state index contributed by atoms with van der Waals surface area (Å²) in [6, 6.07) is 3.39. The molecule has 0 aliphatic carbocycles. The first kappa shape index (κ1) is 17.3. The van der Waals surface area contributed by atoms with Gasteiger partial charge in [0, 0.05) is 29.9 Å². The van der Waals surface area contributed by atoms with Gasteiger partial charge in [-0.3, -0.25) is 4.90 Å². The van der Waals surface area contributed by atoms with Gasteiger partial charge in [-0.05, 0) is 38.0 Å². The summed E-state index contributed by atoms with van der Waals surface area (Å²) in [6.07, 6.45) is 0. The Morgan fingerprint density at radius 3 is 2.54 bits per heavy atom. The van der Waals surface area contributed by atoms with Crippen LogP contribution >= 0.6 is 0 Å². The van der Waals surface area contributed by atoms with Crippen molar-refractivity contribution in [2.45, 2.75) is 27.4 Å². The average Bonchev–Trinajstić information content (AvgIpc) is 2.98. The predicted octanol–water partition coefficient (Wildman–Crippen LogP) is 2.30. The summed E-state index contributed by atoms with van der Waals surface area (Å²) in [5.41, 5.74) is 5.35. The van der Waals surface area contributed by atoms with E-state index in [1.165, 1.54) is 6.07 Å². The molecule has 4 aromatic rings.